The molecule has 0 unspecified atom stereocenters. The summed E-state index contributed by atoms with van der Waals surface area (Å²) >= 11 is 1.75. The lowest BCUT2D eigenvalue weighted by molar-refractivity contribution is -0.141. The third kappa shape index (κ3) is 8.87. The fourth-order valence-electron chi connectivity index (χ4n) is 4.07. The Kier molecular flexibility index (Phi) is 11.1. The summed E-state index contributed by atoms with van der Waals surface area (Å²) in [5.41, 5.74) is 4.47. The Balaban J connectivity index is 1.80. The van der Waals surface area contributed by atoms with Crippen molar-refractivity contribution >= 4 is 23.6 Å². The molecule has 0 aliphatic carbocycles. The largest absolute Gasteiger partial charge is 0.352 e. The second-order valence-electron chi connectivity index (χ2n) is 9.32. The number of hydrogen-bond acceptors (Lipinski definition) is 3. The second kappa shape index (κ2) is 14.5. The van der Waals surface area contributed by atoms with E-state index < -0.39 is 6.04 Å². The average molecular weight is 503 g/mol. The molecule has 0 fully saturated rings. The average Bonchev–Trinajstić information content (AvgIpc) is 2.89. The van der Waals surface area contributed by atoms with Crippen LogP contribution >= 0.6 is 11.8 Å². The summed E-state index contributed by atoms with van der Waals surface area (Å²) in [6.45, 7) is 6.52. The van der Waals surface area contributed by atoms with Crippen LogP contribution in [0, 0.1) is 6.92 Å². The molecule has 3 rings (SSSR count). The van der Waals surface area contributed by atoms with Gasteiger partial charge in [0.25, 0.3) is 0 Å². The molecule has 0 radical (unpaired) electrons. The molecule has 4 nitrogen and oxygen atoms in total. The molecule has 0 spiro atoms. The predicted octanol–water partition coefficient (Wildman–Crippen LogP) is 6.17. The first-order chi connectivity index (χ1) is 17.5. The van der Waals surface area contributed by atoms with Gasteiger partial charge in [0.15, 0.2) is 0 Å². The lowest BCUT2D eigenvalue weighted by Gasteiger charge is -2.32. The van der Waals surface area contributed by atoms with E-state index in [1.165, 1.54) is 5.56 Å². The van der Waals surface area contributed by atoms with Crippen molar-refractivity contribution in [2.45, 2.75) is 64.4 Å². The number of thioether (sulfide) groups is 1. The van der Waals surface area contributed by atoms with Crippen LogP contribution in [0.5, 0.6) is 0 Å². The maximum absolute atomic E-state index is 13.7. The lowest BCUT2D eigenvalue weighted by Crippen LogP contribution is -2.52. The third-order valence-electron chi connectivity index (χ3n) is 6.28. The predicted molar refractivity (Wildman–Crippen MR) is 151 cm³/mol. The minimum atomic E-state index is -0.575. The molecule has 0 saturated heterocycles. The first-order valence-corrected chi connectivity index (χ1v) is 13.9. The lowest BCUT2D eigenvalue weighted by atomic mass is 10.0. The van der Waals surface area contributed by atoms with Crippen LogP contribution in [-0.4, -0.2) is 34.6 Å². The van der Waals surface area contributed by atoms with Crippen LogP contribution in [0.25, 0.3) is 0 Å². The molecule has 3 aromatic rings. The third-order valence-corrected chi connectivity index (χ3v) is 7.31. The van der Waals surface area contributed by atoms with E-state index in [1.807, 2.05) is 80.6 Å². The number of nitrogens with zero attached hydrogens (tertiary/aromatic N) is 1. The van der Waals surface area contributed by atoms with Crippen LogP contribution in [0.15, 0.2) is 84.9 Å². The molecule has 190 valence electrons. The van der Waals surface area contributed by atoms with Gasteiger partial charge in [-0.2, -0.15) is 11.8 Å². The molecule has 3 aromatic carbocycles. The summed E-state index contributed by atoms with van der Waals surface area (Å²) in [4.78, 5) is 29.0. The van der Waals surface area contributed by atoms with E-state index in [0.29, 0.717) is 25.1 Å². The number of amides is 2. The molecule has 2 amide bonds. The summed E-state index contributed by atoms with van der Waals surface area (Å²) < 4.78 is 0. The summed E-state index contributed by atoms with van der Waals surface area (Å²) in [6.07, 6.45) is 1.72. The van der Waals surface area contributed by atoms with Crippen molar-refractivity contribution in [1.29, 1.82) is 0 Å². The smallest absolute Gasteiger partial charge is 0.243 e. The van der Waals surface area contributed by atoms with Gasteiger partial charge in [-0.25, -0.2) is 0 Å². The normalized spacial score (nSPS) is 12.5. The number of rotatable bonds is 13. The van der Waals surface area contributed by atoms with E-state index in [-0.39, 0.29) is 17.9 Å². The van der Waals surface area contributed by atoms with Gasteiger partial charge in [0, 0.05) is 36.9 Å². The second-order valence-corrected chi connectivity index (χ2v) is 10.4. The highest BCUT2D eigenvalue weighted by molar-refractivity contribution is 7.98. The molecule has 2 atom stereocenters. The van der Waals surface area contributed by atoms with Crippen LogP contribution in [0.3, 0.4) is 0 Å². The van der Waals surface area contributed by atoms with E-state index in [4.69, 9.17) is 0 Å². The van der Waals surface area contributed by atoms with Gasteiger partial charge in [0.1, 0.15) is 6.04 Å². The highest BCUT2D eigenvalue weighted by Gasteiger charge is 2.30. The number of carbonyl (C=O) groups is 2. The van der Waals surface area contributed by atoms with Gasteiger partial charge in [0.05, 0.1) is 0 Å². The van der Waals surface area contributed by atoms with Gasteiger partial charge in [-0.15, -0.1) is 0 Å². The van der Waals surface area contributed by atoms with E-state index in [2.05, 4.69) is 30.4 Å². The standard InChI is InChI=1S/C31H38N2O2S/c1-4-25(3)32-31(35)29(21-26-13-7-5-8-14-26)33(22-28-17-11-12-24(2)20-28)30(34)18-19-36-23-27-15-9-6-10-16-27/h5-17,20,25,29H,4,18-19,21-23H2,1-3H3,(H,32,35)/t25-,29+/m1/s1. The van der Waals surface area contributed by atoms with E-state index in [0.717, 1.165) is 28.9 Å². The molecule has 0 heterocycles. The highest BCUT2D eigenvalue weighted by atomic mass is 32.2. The summed E-state index contributed by atoms with van der Waals surface area (Å²) in [5.74, 6) is 1.50. The van der Waals surface area contributed by atoms with E-state index in [1.54, 1.807) is 16.7 Å². The van der Waals surface area contributed by atoms with Crippen LogP contribution < -0.4 is 5.32 Å². The zero-order valence-corrected chi connectivity index (χ0v) is 22.5. The first kappa shape index (κ1) is 27.5. The highest BCUT2D eigenvalue weighted by Crippen LogP contribution is 2.19. The summed E-state index contributed by atoms with van der Waals surface area (Å²) in [6, 6.07) is 27.9. The first-order valence-electron chi connectivity index (χ1n) is 12.8. The quantitative estimate of drug-likeness (QED) is 0.284. The summed E-state index contributed by atoms with van der Waals surface area (Å²) in [7, 11) is 0. The van der Waals surface area contributed by atoms with Crippen LogP contribution in [0.4, 0.5) is 0 Å². The van der Waals surface area contributed by atoms with Gasteiger partial charge >= 0.3 is 0 Å². The zero-order valence-electron chi connectivity index (χ0n) is 21.7. The van der Waals surface area contributed by atoms with E-state index >= 15 is 0 Å². The van der Waals surface area contributed by atoms with Gasteiger partial charge < -0.3 is 10.2 Å². The topological polar surface area (TPSA) is 49.4 Å². The molecule has 36 heavy (non-hydrogen) atoms. The number of benzene rings is 3. The molecule has 0 bridgehead atoms. The Labute approximate surface area is 220 Å². The molecule has 0 aliphatic rings. The van der Waals surface area contributed by atoms with Crippen molar-refractivity contribution < 1.29 is 9.59 Å². The van der Waals surface area contributed by atoms with Gasteiger partial charge in [-0.05, 0) is 37.0 Å². The fraction of sp³-hybridized carbons (Fsp3) is 0.355. The number of hydrogen-bond donors (Lipinski definition) is 1. The molecule has 0 aromatic heterocycles. The van der Waals surface area contributed by atoms with Gasteiger partial charge in [0.2, 0.25) is 11.8 Å². The van der Waals surface area contributed by atoms with Gasteiger partial charge in [-0.3, -0.25) is 9.59 Å². The summed E-state index contributed by atoms with van der Waals surface area (Å²) in [5, 5.41) is 3.13. The minimum Gasteiger partial charge on any atom is -0.352 e. The Hall–Kier alpha value is -3.05. The zero-order chi connectivity index (χ0) is 25.8. The molecule has 5 heteroatoms. The molecule has 1 N–H and O–H groups in total. The minimum absolute atomic E-state index is 0.0114. The van der Waals surface area contributed by atoms with Crippen molar-refractivity contribution in [3.63, 3.8) is 0 Å². The van der Waals surface area contributed by atoms with Crippen molar-refractivity contribution in [3.8, 4) is 0 Å². The molecule has 0 saturated carbocycles. The SMILES string of the molecule is CC[C@@H](C)NC(=O)[C@H](Cc1ccccc1)N(Cc1cccc(C)c1)C(=O)CCSCc1ccccc1. The van der Waals surface area contributed by atoms with Gasteiger partial charge in [-0.1, -0.05) is 97.4 Å². The fourth-order valence-corrected chi connectivity index (χ4v) is 4.96. The van der Waals surface area contributed by atoms with Crippen molar-refractivity contribution in [2.24, 2.45) is 0 Å². The van der Waals surface area contributed by atoms with Crippen LogP contribution in [-0.2, 0) is 28.3 Å². The monoisotopic (exact) mass is 502 g/mol. The van der Waals surface area contributed by atoms with Crippen molar-refractivity contribution in [2.75, 3.05) is 5.75 Å². The molecule has 0 aliphatic heterocycles. The number of aryl methyl sites for hydroxylation is 1. The Morgan fingerprint density at radius 1 is 0.889 bits per heavy atom. The Morgan fingerprint density at radius 3 is 2.17 bits per heavy atom. The van der Waals surface area contributed by atoms with E-state index in [9.17, 15) is 9.59 Å². The maximum atomic E-state index is 13.7. The van der Waals surface area contributed by atoms with Crippen molar-refractivity contribution in [3.05, 3.63) is 107 Å². The number of carbonyl (C=O) groups excluding carboxylic acids is 2. The van der Waals surface area contributed by atoms with Crippen molar-refractivity contribution in [1.82, 2.24) is 10.2 Å². The van der Waals surface area contributed by atoms with Crippen LogP contribution in [0.2, 0.25) is 0 Å². The molecular formula is C31H38N2O2S. The Bertz CT molecular complexity index is 1090. The Morgan fingerprint density at radius 2 is 1.53 bits per heavy atom. The molecular weight excluding hydrogens is 464 g/mol. The maximum Gasteiger partial charge on any atom is 0.243 e. The number of nitrogens with one attached hydrogen (secondary N) is 1. The van der Waals surface area contributed by atoms with Crippen LogP contribution in [0.1, 0.15) is 48.9 Å².